The summed E-state index contributed by atoms with van der Waals surface area (Å²) in [5.41, 5.74) is 0.839. The Morgan fingerprint density at radius 2 is 2.06 bits per heavy atom. The lowest BCUT2D eigenvalue weighted by atomic mass is 9.93. The summed E-state index contributed by atoms with van der Waals surface area (Å²) in [5.74, 6) is 0. The average molecular weight is 253 g/mol. The molecule has 17 heavy (non-hydrogen) atoms. The van der Waals surface area contributed by atoms with Crippen LogP contribution < -0.4 is 5.32 Å². The molecule has 0 aliphatic heterocycles. The molecular weight excluding hydrogens is 236 g/mol. The maximum absolute atomic E-state index is 9.48. The van der Waals surface area contributed by atoms with Gasteiger partial charge < -0.3 is 10.4 Å². The third-order valence-electron chi connectivity index (χ3n) is 3.16. The fraction of sp³-hybridized carbons (Fsp3) is 0.462. The van der Waals surface area contributed by atoms with Crippen molar-refractivity contribution in [2.45, 2.75) is 32.2 Å². The van der Waals surface area contributed by atoms with Gasteiger partial charge in [-0.1, -0.05) is 25.4 Å². The number of nitrogens with one attached hydrogen (secondary N) is 1. The molecular formula is C13H17ClN2O. The highest BCUT2D eigenvalue weighted by molar-refractivity contribution is 6.30. The van der Waals surface area contributed by atoms with Crippen LogP contribution in [-0.2, 0) is 0 Å². The number of nitriles is 1. The maximum atomic E-state index is 9.48. The van der Waals surface area contributed by atoms with Crippen LogP contribution in [0.4, 0.5) is 5.69 Å². The van der Waals surface area contributed by atoms with Gasteiger partial charge in [-0.05, 0) is 31.0 Å². The van der Waals surface area contributed by atoms with Gasteiger partial charge in [-0.3, -0.25) is 0 Å². The third-order valence-corrected chi connectivity index (χ3v) is 3.39. The van der Waals surface area contributed by atoms with Gasteiger partial charge in [-0.15, -0.1) is 0 Å². The molecule has 0 atom stereocenters. The molecule has 3 nitrogen and oxygen atoms in total. The predicted octanol–water partition coefficient (Wildman–Crippen LogP) is 3.17. The van der Waals surface area contributed by atoms with Gasteiger partial charge in [0.2, 0.25) is 0 Å². The molecule has 0 saturated heterocycles. The van der Waals surface area contributed by atoms with E-state index < -0.39 is 0 Å². The first-order valence-electron chi connectivity index (χ1n) is 5.69. The number of benzene rings is 1. The highest BCUT2D eigenvalue weighted by Crippen LogP contribution is 2.26. The van der Waals surface area contributed by atoms with Crippen molar-refractivity contribution < 1.29 is 5.11 Å². The minimum absolute atomic E-state index is 0.0352. The molecule has 2 N–H and O–H groups in total. The molecule has 92 valence electrons. The Kier molecular flexibility index (Phi) is 4.80. The summed E-state index contributed by atoms with van der Waals surface area (Å²) in [4.78, 5) is 0. The summed E-state index contributed by atoms with van der Waals surface area (Å²) in [6.45, 7) is 4.05. The van der Waals surface area contributed by atoms with Crippen molar-refractivity contribution in [3.63, 3.8) is 0 Å². The van der Waals surface area contributed by atoms with E-state index in [1.165, 1.54) is 0 Å². The van der Waals surface area contributed by atoms with Crippen LogP contribution in [-0.4, -0.2) is 17.3 Å². The van der Waals surface area contributed by atoms with Gasteiger partial charge in [0.05, 0.1) is 23.4 Å². The zero-order chi connectivity index (χ0) is 12.9. The lowest BCUT2D eigenvalue weighted by Gasteiger charge is -2.32. The topological polar surface area (TPSA) is 56.0 Å². The number of hydrogen-bond donors (Lipinski definition) is 2. The number of anilines is 1. The third kappa shape index (κ3) is 3.12. The summed E-state index contributed by atoms with van der Waals surface area (Å²) in [5, 5.41) is 22.3. The molecule has 0 bridgehead atoms. The molecule has 0 fully saturated rings. The number of nitrogens with zero attached hydrogens (tertiary/aromatic N) is 1. The number of halogens is 1. The Hall–Kier alpha value is -1.24. The quantitative estimate of drug-likeness (QED) is 0.846. The van der Waals surface area contributed by atoms with Gasteiger partial charge in [0.25, 0.3) is 0 Å². The Morgan fingerprint density at radius 3 is 2.53 bits per heavy atom. The van der Waals surface area contributed by atoms with Gasteiger partial charge in [-0.2, -0.15) is 5.26 Å². The molecule has 0 unspecified atom stereocenters. The monoisotopic (exact) mass is 252 g/mol. The number of aliphatic hydroxyl groups excluding tert-OH is 1. The van der Waals surface area contributed by atoms with E-state index >= 15 is 0 Å². The van der Waals surface area contributed by atoms with Crippen molar-refractivity contribution >= 4 is 17.3 Å². The molecule has 0 amide bonds. The molecule has 0 aliphatic carbocycles. The summed E-state index contributed by atoms with van der Waals surface area (Å²) in [6.07, 6.45) is 1.57. The number of rotatable bonds is 5. The van der Waals surface area contributed by atoms with E-state index in [0.29, 0.717) is 10.6 Å². The summed E-state index contributed by atoms with van der Waals surface area (Å²) < 4.78 is 0. The van der Waals surface area contributed by atoms with Crippen molar-refractivity contribution in [3.8, 4) is 6.07 Å². The van der Waals surface area contributed by atoms with Crippen LogP contribution in [0.3, 0.4) is 0 Å². The molecule has 0 radical (unpaired) electrons. The van der Waals surface area contributed by atoms with Crippen LogP contribution in [0.2, 0.25) is 5.02 Å². The Balaban J connectivity index is 3.06. The van der Waals surface area contributed by atoms with Gasteiger partial charge >= 0.3 is 0 Å². The van der Waals surface area contributed by atoms with Crippen molar-refractivity contribution in [1.29, 1.82) is 5.26 Å². The highest BCUT2D eigenvalue weighted by Gasteiger charge is 2.25. The zero-order valence-corrected chi connectivity index (χ0v) is 10.9. The van der Waals surface area contributed by atoms with E-state index in [-0.39, 0.29) is 12.1 Å². The van der Waals surface area contributed by atoms with Crippen LogP contribution in [0.25, 0.3) is 0 Å². The van der Waals surface area contributed by atoms with E-state index in [1.54, 1.807) is 18.2 Å². The highest BCUT2D eigenvalue weighted by atomic mass is 35.5. The second kappa shape index (κ2) is 5.90. The Labute approximate surface area is 107 Å². The Morgan fingerprint density at radius 1 is 1.41 bits per heavy atom. The standard InChI is InChI=1S/C13H17ClN2O/c1-3-13(4-2,9-17)16-12-6-5-11(14)7-10(12)8-15/h5-7,16-17H,3-4,9H2,1-2H3. The molecule has 1 aromatic carbocycles. The molecule has 0 saturated carbocycles. The second-order valence-electron chi connectivity index (χ2n) is 4.07. The van der Waals surface area contributed by atoms with Crippen LogP contribution in [0.15, 0.2) is 18.2 Å². The van der Waals surface area contributed by atoms with Gasteiger partial charge in [0.15, 0.2) is 0 Å². The van der Waals surface area contributed by atoms with Crippen LogP contribution in [0, 0.1) is 11.3 Å². The molecule has 1 aromatic rings. The fourth-order valence-corrected chi connectivity index (χ4v) is 1.87. The first kappa shape index (κ1) is 13.8. The fourth-order valence-electron chi connectivity index (χ4n) is 1.69. The minimum atomic E-state index is -0.376. The van der Waals surface area contributed by atoms with Crippen molar-refractivity contribution in [1.82, 2.24) is 0 Å². The minimum Gasteiger partial charge on any atom is -0.394 e. The van der Waals surface area contributed by atoms with Crippen LogP contribution in [0.1, 0.15) is 32.3 Å². The summed E-state index contributed by atoms with van der Waals surface area (Å²) in [6, 6.07) is 7.23. The summed E-state index contributed by atoms with van der Waals surface area (Å²) in [7, 11) is 0. The second-order valence-corrected chi connectivity index (χ2v) is 4.51. The normalized spacial score (nSPS) is 11.0. The molecule has 4 heteroatoms. The van der Waals surface area contributed by atoms with E-state index in [9.17, 15) is 5.11 Å². The predicted molar refractivity (Wildman–Crippen MR) is 70.2 cm³/mol. The van der Waals surface area contributed by atoms with Gasteiger partial charge in [0, 0.05) is 5.02 Å². The van der Waals surface area contributed by atoms with Gasteiger partial charge in [-0.25, -0.2) is 0 Å². The molecule has 1 rings (SSSR count). The lowest BCUT2D eigenvalue weighted by molar-refractivity contribution is 0.202. The van der Waals surface area contributed by atoms with Crippen molar-refractivity contribution in [2.75, 3.05) is 11.9 Å². The lowest BCUT2D eigenvalue weighted by Crippen LogP contribution is -2.41. The SMILES string of the molecule is CCC(CC)(CO)Nc1ccc(Cl)cc1C#N. The molecule has 0 heterocycles. The van der Waals surface area contributed by atoms with E-state index in [1.807, 2.05) is 13.8 Å². The van der Waals surface area contributed by atoms with Gasteiger partial charge in [0.1, 0.15) is 6.07 Å². The average Bonchev–Trinajstić information content (AvgIpc) is 2.37. The number of aliphatic hydroxyl groups is 1. The molecule has 0 aromatic heterocycles. The number of hydrogen-bond acceptors (Lipinski definition) is 3. The van der Waals surface area contributed by atoms with E-state index in [0.717, 1.165) is 18.5 Å². The first-order chi connectivity index (χ1) is 8.10. The maximum Gasteiger partial charge on any atom is 0.101 e. The molecule has 0 aliphatic rings. The van der Waals surface area contributed by atoms with Crippen molar-refractivity contribution in [2.24, 2.45) is 0 Å². The summed E-state index contributed by atoms with van der Waals surface area (Å²) >= 11 is 5.84. The Bertz CT molecular complexity index is 414. The van der Waals surface area contributed by atoms with Crippen LogP contribution in [0.5, 0.6) is 0 Å². The van der Waals surface area contributed by atoms with Crippen molar-refractivity contribution in [3.05, 3.63) is 28.8 Å². The zero-order valence-electron chi connectivity index (χ0n) is 10.1. The first-order valence-corrected chi connectivity index (χ1v) is 6.07. The van der Waals surface area contributed by atoms with E-state index in [2.05, 4.69) is 11.4 Å². The van der Waals surface area contributed by atoms with E-state index in [4.69, 9.17) is 16.9 Å². The molecule has 0 spiro atoms. The largest absolute Gasteiger partial charge is 0.394 e. The smallest absolute Gasteiger partial charge is 0.101 e. The van der Waals surface area contributed by atoms with Crippen LogP contribution >= 0.6 is 11.6 Å².